The molecule has 0 aliphatic rings. The van der Waals surface area contributed by atoms with Crippen molar-refractivity contribution in [3.8, 4) is 0 Å². The van der Waals surface area contributed by atoms with Gasteiger partial charge in [-0.3, -0.25) is 0 Å². The van der Waals surface area contributed by atoms with E-state index in [1.807, 2.05) is 26.1 Å². The maximum atomic E-state index is 4.32. The zero-order valence-corrected chi connectivity index (χ0v) is 10.9. The van der Waals surface area contributed by atoms with Crippen molar-refractivity contribution in [2.24, 2.45) is 0 Å². The Kier molecular flexibility index (Phi) is 2.67. The summed E-state index contributed by atoms with van der Waals surface area (Å²) >= 11 is 1.68. The summed E-state index contributed by atoms with van der Waals surface area (Å²) in [6.45, 7) is 4.66. The van der Waals surface area contributed by atoms with E-state index in [1.165, 1.54) is 11.2 Å². The number of hydrogen-bond acceptors (Lipinski definition) is 6. The van der Waals surface area contributed by atoms with Crippen LogP contribution in [0.5, 0.6) is 0 Å². The van der Waals surface area contributed by atoms with Crippen LogP contribution >= 0.6 is 11.3 Å². The SMILES string of the molecule is Cc1cc(NCc2ncc(C)s2)n2ncnc2n1. The Morgan fingerprint density at radius 1 is 1.33 bits per heavy atom. The summed E-state index contributed by atoms with van der Waals surface area (Å²) in [5, 5.41) is 8.50. The summed E-state index contributed by atoms with van der Waals surface area (Å²) in [4.78, 5) is 13.9. The average Bonchev–Trinajstić information content (AvgIpc) is 2.94. The average molecular weight is 260 g/mol. The van der Waals surface area contributed by atoms with Crippen LogP contribution in [-0.2, 0) is 6.54 Å². The lowest BCUT2D eigenvalue weighted by Crippen LogP contribution is -2.06. The minimum Gasteiger partial charge on any atom is -0.363 e. The predicted molar refractivity (Wildman–Crippen MR) is 69.7 cm³/mol. The summed E-state index contributed by atoms with van der Waals surface area (Å²) in [5.41, 5.74) is 0.910. The summed E-state index contributed by atoms with van der Waals surface area (Å²) in [6, 6.07) is 1.95. The van der Waals surface area contributed by atoms with E-state index in [1.54, 1.807) is 15.9 Å². The number of aromatic nitrogens is 5. The molecule has 0 bridgehead atoms. The van der Waals surface area contributed by atoms with Gasteiger partial charge in [-0.1, -0.05) is 0 Å². The first kappa shape index (κ1) is 11.1. The molecule has 0 aromatic carbocycles. The number of nitrogens with one attached hydrogen (secondary N) is 1. The third-order valence-corrected chi connectivity index (χ3v) is 3.38. The van der Waals surface area contributed by atoms with Gasteiger partial charge in [0.15, 0.2) is 0 Å². The van der Waals surface area contributed by atoms with Crippen LogP contribution in [0.15, 0.2) is 18.6 Å². The van der Waals surface area contributed by atoms with Crippen LogP contribution in [0.1, 0.15) is 15.6 Å². The molecule has 0 radical (unpaired) electrons. The summed E-state index contributed by atoms with van der Waals surface area (Å²) in [6.07, 6.45) is 3.38. The van der Waals surface area contributed by atoms with Crippen LogP contribution in [0.25, 0.3) is 5.78 Å². The van der Waals surface area contributed by atoms with Crippen LogP contribution < -0.4 is 5.32 Å². The Hall–Kier alpha value is -2.02. The van der Waals surface area contributed by atoms with E-state index in [9.17, 15) is 0 Å². The molecule has 3 rings (SSSR count). The Labute approximate surface area is 108 Å². The molecule has 3 heterocycles. The molecule has 0 spiro atoms. The lowest BCUT2D eigenvalue weighted by Gasteiger charge is -2.06. The number of anilines is 1. The van der Waals surface area contributed by atoms with Gasteiger partial charge in [-0.25, -0.2) is 9.97 Å². The third kappa shape index (κ3) is 2.04. The highest BCUT2D eigenvalue weighted by atomic mass is 32.1. The Bertz CT molecular complexity index is 686. The largest absolute Gasteiger partial charge is 0.363 e. The number of fused-ring (bicyclic) bond motifs is 1. The second-order valence-electron chi connectivity index (χ2n) is 3.97. The molecule has 3 aromatic heterocycles. The molecule has 92 valence electrons. The van der Waals surface area contributed by atoms with E-state index in [0.29, 0.717) is 12.3 Å². The standard InChI is InChI=1S/C11H12N6S/c1-7-3-9(17-11(16-7)14-6-15-17)12-5-10-13-4-8(2)18-10/h3-4,6,12H,5H2,1-2H3. The number of rotatable bonds is 3. The Balaban J connectivity index is 1.87. The van der Waals surface area contributed by atoms with Crippen molar-refractivity contribution in [1.29, 1.82) is 0 Å². The van der Waals surface area contributed by atoms with Gasteiger partial charge >= 0.3 is 0 Å². The minimum atomic E-state index is 0.604. The van der Waals surface area contributed by atoms with Crippen molar-refractivity contribution in [3.05, 3.63) is 34.2 Å². The molecule has 3 aromatic rings. The van der Waals surface area contributed by atoms with Crippen LogP contribution in [0.4, 0.5) is 5.82 Å². The maximum absolute atomic E-state index is 4.32. The molecule has 18 heavy (non-hydrogen) atoms. The third-order valence-electron chi connectivity index (χ3n) is 2.47. The first-order valence-corrected chi connectivity index (χ1v) is 6.36. The van der Waals surface area contributed by atoms with Crippen molar-refractivity contribution in [2.75, 3.05) is 5.32 Å². The monoisotopic (exact) mass is 260 g/mol. The van der Waals surface area contributed by atoms with Crippen molar-refractivity contribution in [3.63, 3.8) is 0 Å². The van der Waals surface area contributed by atoms with Gasteiger partial charge in [-0.2, -0.15) is 14.6 Å². The second kappa shape index (κ2) is 4.34. The van der Waals surface area contributed by atoms with Crippen LogP contribution in [-0.4, -0.2) is 24.6 Å². The van der Waals surface area contributed by atoms with E-state index in [0.717, 1.165) is 16.5 Å². The van der Waals surface area contributed by atoms with Gasteiger partial charge in [0, 0.05) is 22.8 Å². The molecule has 0 saturated carbocycles. The Morgan fingerprint density at radius 3 is 3.00 bits per heavy atom. The molecule has 0 saturated heterocycles. The highest BCUT2D eigenvalue weighted by Gasteiger charge is 2.06. The van der Waals surface area contributed by atoms with Gasteiger partial charge in [0.2, 0.25) is 0 Å². The van der Waals surface area contributed by atoms with Crippen molar-refractivity contribution in [2.45, 2.75) is 20.4 Å². The Morgan fingerprint density at radius 2 is 2.22 bits per heavy atom. The van der Waals surface area contributed by atoms with Gasteiger partial charge in [-0.15, -0.1) is 11.3 Å². The molecule has 0 atom stereocenters. The van der Waals surface area contributed by atoms with Gasteiger partial charge in [-0.05, 0) is 13.8 Å². The zero-order valence-electron chi connectivity index (χ0n) is 10.1. The van der Waals surface area contributed by atoms with E-state index >= 15 is 0 Å². The molecule has 0 aliphatic heterocycles. The first-order chi connectivity index (χ1) is 8.72. The zero-order chi connectivity index (χ0) is 12.5. The van der Waals surface area contributed by atoms with Crippen LogP contribution in [0.3, 0.4) is 0 Å². The van der Waals surface area contributed by atoms with Gasteiger partial charge in [0.1, 0.15) is 17.2 Å². The normalized spacial score (nSPS) is 11.0. The molecule has 1 N–H and O–H groups in total. The lowest BCUT2D eigenvalue weighted by molar-refractivity contribution is 0.914. The summed E-state index contributed by atoms with van der Waals surface area (Å²) in [7, 11) is 0. The van der Waals surface area contributed by atoms with Gasteiger partial charge in [0.05, 0.1) is 6.54 Å². The number of nitrogens with zero attached hydrogens (tertiary/aromatic N) is 5. The molecule has 6 nitrogen and oxygen atoms in total. The van der Waals surface area contributed by atoms with E-state index in [4.69, 9.17) is 0 Å². The summed E-state index contributed by atoms with van der Waals surface area (Å²) in [5.74, 6) is 1.48. The molecular formula is C11H12N6S. The smallest absolute Gasteiger partial charge is 0.254 e. The number of thiazole rings is 1. The molecule has 0 aliphatic carbocycles. The molecule has 0 unspecified atom stereocenters. The van der Waals surface area contributed by atoms with Crippen molar-refractivity contribution < 1.29 is 0 Å². The fraction of sp³-hybridized carbons (Fsp3) is 0.273. The van der Waals surface area contributed by atoms with E-state index in [-0.39, 0.29) is 0 Å². The maximum Gasteiger partial charge on any atom is 0.254 e. The van der Waals surface area contributed by atoms with Crippen molar-refractivity contribution in [1.82, 2.24) is 24.6 Å². The van der Waals surface area contributed by atoms with Gasteiger partial charge in [0.25, 0.3) is 5.78 Å². The second-order valence-corrected chi connectivity index (χ2v) is 5.29. The molecule has 7 heteroatoms. The van der Waals surface area contributed by atoms with Crippen molar-refractivity contribution >= 4 is 22.9 Å². The summed E-state index contributed by atoms with van der Waals surface area (Å²) < 4.78 is 1.69. The molecule has 0 amide bonds. The lowest BCUT2D eigenvalue weighted by atomic mass is 10.4. The van der Waals surface area contributed by atoms with E-state index in [2.05, 4.69) is 25.4 Å². The number of aryl methyl sites for hydroxylation is 2. The topological polar surface area (TPSA) is 68.0 Å². The molecular weight excluding hydrogens is 248 g/mol. The minimum absolute atomic E-state index is 0.604. The van der Waals surface area contributed by atoms with Gasteiger partial charge < -0.3 is 5.32 Å². The quantitative estimate of drug-likeness (QED) is 0.778. The number of hydrogen-bond donors (Lipinski definition) is 1. The predicted octanol–water partition coefficient (Wildman–Crippen LogP) is 1.81. The highest BCUT2D eigenvalue weighted by molar-refractivity contribution is 7.11. The van der Waals surface area contributed by atoms with Crippen LogP contribution in [0, 0.1) is 13.8 Å². The molecule has 0 fully saturated rings. The first-order valence-electron chi connectivity index (χ1n) is 5.55. The fourth-order valence-corrected chi connectivity index (χ4v) is 2.43. The van der Waals surface area contributed by atoms with E-state index < -0.39 is 0 Å². The fourth-order valence-electron chi connectivity index (χ4n) is 1.71. The highest BCUT2D eigenvalue weighted by Crippen LogP contribution is 2.15. The van der Waals surface area contributed by atoms with Crippen LogP contribution in [0.2, 0.25) is 0 Å².